The van der Waals surface area contributed by atoms with E-state index in [9.17, 15) is 0 Å². The zero-order valence-electron chi connectivity index (χ0n) is 10.1. The molecule has 0 aliphatic rings. The Morgan fingerprint density at radius 1 is 1.22 bits per heavy atom. The van der Waals surface area contributed by atoms with E-state index in [1.165, 1.54) is 5.56 Å². The Morgan fingerprint density at radius 3 is 2.72 bits per heavy atom. The van der Waals surface area contributed by atoms with Crippen LogP contribution in [0.4, 0.5) is 0 Å². The van der Waals surface area contributed by atoms with Gasteiger partial charge in [0, 0.05) is 28.0 Å². The van der Waals surface area contributed by atoms with Crippen LogP contribution in [0, 0.1) is 0 Å². The third kappa shape index (κ3) is 3.97. The van der Waals surface area contributed by atoms with Gasteiger partial charge in [-0.25, -0.2) is 0 Å². The summed E-state index contributed by atoms with van der Waals surface area (Å²) in [7, 11) is 0. The lowest BCUT2D eigenvalue weighted by atomic mass is 10.1. The molecule has 2 rings (SSSR count). The molecule has 0 aliphatic heterocycles. The molecule has 0 saturated heterocycles. The van der Waals surface area contributed by atoms with Gasteiger partial charge in [0.25, 0.3) is 0 Å². The van der Waals surface area contributed by atoms with E-state index < -0.39 is 0 Å². The van der Waals surface area contributed by atoms with Crippen LogP contribution in [0.25, 0.3) is 0 Å². The molecular weight excluding hydrogens is 358 g/mol. The predicted octanol–water partition coefficient (Wildman–Crippen LogP) is 4.53. The summed E-state index contributed by atoms with van der Waals surface area (Å²) < 4.78 is 7.50. The Bertz CT molecular complexity index is 497. The first-order valence-corrected chi connectivity index (χ1v) is 7.43. The highest BCUT2D eigenvalue weighted by Gasteiger charge is 2.05. The third-order valence-electron chi connectivity index (χ3n) is 2.73. The van der Waals surface area contributed by atoms with Gasteiger partial charge in [0.15, 0.2) is 0 Å². The van der Waals surface area contributed by atoms with E-state index in [-0.39, 0.29) is 0 Å². The summed E-state index contributed by atoms with van der Waals surface area (Å²) >= 11 is 6.98. The summed E-state index contributed by atoms with van der Waals surface area (Å²) in [6, 6.07) is 10.6. The number of hydrogen-bond acceptors (Lipinski definition) is 2. The molecule has 1 heterocycles. The molecule has 2 aromatic rings. The molecule has 0 aliphatic carbocycles. The Kier molecular flexibility index (Phi) is 5.03. The van der Waals surface area contributed by atoms with E-state index in [4.69, 9.17) is 4.42 Å². The van der Waals surface area contributed by atoms with Crippen molar-refractivity contribution in [2.75, 3.05) is 0 Å². The summed E-state index contributed by atoms with van der Waals surface area (Å²) in [5.41, 5.74) is 1.26. The summed E-state index contributed by atoms with van der Waals surface area (Å²) in [6.07, 6.45) is 2.62. The quantitative estimate of drug-likeness (QED) is 0.834. The van der Waals surface area contributed by atoms with Crippen molar-refractivity contribution in [3.8, 4) is 0 Å². The van der Waals surface area contributed by atoms with Crippen molar-refractivity contribution in [1.29, 1.82) is 0 Å². The molecule has 0 amide bonds. The van der Waals surface area contributed by atoms with Gasteiger partial charge in [-0.2, -0.15) is 0 Å². The monoisotopic (exact) mass is 371 g/mol. The van der Waals surface area contributed by atoms with Gasteiger partial charge < -0.3 is 9.73 Å². The molecule has 18 heavy (non-hydrogen) atoms. The Balaban J connectivity index is 1.85. The smallest absolute Gasteiger partial charge is 0.105 e. The molecule has 0 radical (unpaired) electrons. The van der Waals surface area contributed by atoms with Crippen LogP contribution >= 0.6 is 31.9 Å². The second-order valence-corrected chi connectivity index (χ2v) is 6.02. The topological polar surface area (TPSA) is 25.2 Å². The van der Waals surface area contributed by atoms with Crippen molar-refractivity contribution in [3.63, 3.8) is 0 Å². The molecule has 1 unspecified atom stereocenters. The molecule has 1 atom stereocenters. The van der Waals surface area contributed by atoms with Gasteiger partial charge in [-0.1, -0.05) is 6.07 Å². The maximum atomic E-state index is 5.34. The highest BCUT2D eigenvalue weighted by molar-refractivity contribution is 9.13. The summed E-state index contributed by atoms with van der Waals surface area (Å²) in [4.78, 5) is 0. The number of furan rings is 1. The molecule has 2 nitrogen and oxygen atoms in total. The largest absolute Gasteiger partial charge is 0.469 e. The fraction of sp³-hybridized carbons (Fsp3) is 0.286. The maximum absolute atomic E-state index is 5.34. The Labute approximate surface area is 124 Å². The molecule has 0 spiro atoms. The van der Waals surface area contributed by atoms with E-state index in [0.29, 0.717) is 6.04 Å². The Morgan fingerprint density at radius 2 is 2.06 bits per heavy atom. The summed E-state index contributed by atoms with van der Waals surface area (Å²) in [6.45, 7) is 3.02. The number of nitrogens with one attached hydrogen (secondary N) is 1. The lowest BCUT2D eigenvalue weighted by Gasteiger charge is -2.12. The molecule has 4 heteroatoms. The minimum absolute atomic E-state index is 0.388. The van der Waals surface area contributed by atoms with Crippen molar-refractivity contribution >= 4 is 31.9 Å². The molecule has 0 fully saturated rings. The lowest BCUT2D eigenvalue weighted by molar-refractivity contribution is 0.456. The molecule has 1 aromatic heterocycles. The van der Waals surface area contributed by atoms with E-state index in [1.807, 2.05) is 12.1 Å². The Hall–Kier alpha value is -0.580. The first-order chi connectivity index (χ1) is 8.65. The normalized spacial score (nSPS) is 12.6. The van der Waals surface area contributed by atoms with Crippen LogP contribution in [-0.4, -0.2) is 6.04 Å². The van der Waals surface area contributed by atoms with Crippen LogP contribution in [0.15, 0.2) is 50.0 Å². The van der Waals surface area contributed by atoms with Crippen LogP contribution in [-0.2, 0) is 13.0 Å². The van der Waals surface area contributed by atoms with E-state index in [1.54, 1.807) is 6.26 Å². The highest BCUT2D eigenvalue weighted by atomic mass is 79.9. The number of rotatable bonds is 5. The van der Waals surface area contributed by atoms with Gasteiger partial charge in [-0.3, -0.25) is 0 Å². The van der Waals surface area contributed by atoms with Gasteiger partial charge in [-0.05, 0) is 68.6 Å². The second-order valence-electron chi connectivity index (χ2n) is 4.31. The van der Waals surface area contributed by atoms with Gasteiger partial charge in [0.05, 0.1) is 6.26 Å². The zero-order valence-corrected chi connectivity index (χ0v) is 13.3. The SMILES string of the molecule is CC(Cc1ccco1)NCc1ccc(Br)c(Br)c1. The standard InChI is InChI=1S/C14H15Br2NO/c1-10(7-12-3-2-6-18-12)17-9-11-4-5-13(15)14(16)8-11/h2-6,8,10,17H,7,9H2,1H3. The summed E-state index contributed by atoms with van der Waals surface area (Å²) in [5, 5.41) is 3.49. The number of hydrogen-bond donors (Lipinski definition) is 1. The summed E-state index contributed by atoms with van der Waals surface area (Å²) in [5.74, 6) is 1.02. The predicted molar refractivity (Wildman–Crippen MR) is 80.6 cm³/mol. The maximum Gasteiger partial charge on any atom is 0.105 e. The van der Waals surface area contributed by atoms with E-state index in [2.05, 4.69) is 62.3 Å². The fourth-order valence-electron chi connectivity index (χ4n) is 1.74. The van der Waals surface area contributed by atoms with Gasteiger partial charge >= 0.3 is 0 Å². The number of benzene rings is 1. The van der Waals surface area contributed by atoms with Crippen molar-refractivity contribution in [3.05, 3.63) is 56.9 Å². The molecular formula is C14H15Br2NO. The zero-order chi connectivity index (χ0) is 13.0. The minimum atomic E-state index is 0.388. The van der Waals surface area contributed by atoms with Crippen molar-refractivity contribution in [1.82, 2.24) is 5.32 Å². The number of halogens is 2. The third-order valence-corrected chi connectivity index (χ3v) is 4.61. The van der Waals surface area contributed by atoms with Crippen LogP contribution in [0.5, 0.6) is 0 Å². The first-order valence-electron chi connectivity index (χ1n) is 5.85. The van der Waals surface area contributed by atoms with Crippen LogP contribution in [0.2, 0.25) is 0 Å². The fourth-order valence-corrected chi connectivity index (χ4v) is 2.42. The van der Waals surface area contributed by atoms with E-state index in [0.717, 1.165) is 27.7 Å². The average Bonchev–Trinajstić information content (AvgIpc) is 2.83. The van der Waals surface area contributed by atoms with Crippen LogP contribution in [0.3, 0.4) is 0 Å². The van der Waals surface area contributed by atoms with Crippen molar-refractivity contribution in [2.24, 2.45) is 0 Å². The van der Waals surface area contributed by atoms with Crippen molar-refractivity contribution < 1.29 is 4.42 Å². The van der Waals surface area contributed by atoms with Crippen LogP contribution in [0.1, 0.15) is 18.2 Å². The molecule has 0 bridgehead atoms. The molecule has 1 N–H and O–H groups in total. The first kappa shape index (κ1) is 13.8. The van der Waals surface area contributed by atoms with Gasteiger partial charge in [0.2, 0.25) is 0 Å². The van der Waals surface area contributed by atoms with Crippen molar-refractivity contribution in [2.45, 2.75) is 25.9 Å². The molecule has 1 aromatic carbocycles. The highest BCUT2D eigenvalue weighted by Crippen LogP contribution is 2.23. The van der Waals surface area contributed by atoms with Gasteiger partial charge in [0.1, 0.15) is 5.76 Å². The van der Waals surface area contributed by atoms with E-state index >= 15 is 0 Å². The lowest BCUT2D eigenvalue weighted by Crippen LogP contribution is -2.27. The molecule has 96 valence electrons. The minimum Gasteiger partial charge on any atom is -0.469 e. The van der Waals surface area contributed by atoms with Gasteiger partial charge in [-0.15, -0.1) is 0 Å². The average molecular weight is 373 g/mol. The van der Waals surface area contributed by atoms with Crippen LogP contribution < -0.4 is 5.32 Å². The molecule has 0 saturated carbocycles. The second kappa shape index (κ2) is 6.55.